The number of rotatable bonds is 3. The third-order valence-corrected chi connectivity index (χ3v) is 6.12. The summed E-state index contributed by atoms with van der Waals surface area (Å²) in [5, 5.41) is 0.799. The van der Waals surface area contributed by atoms with Crippen LogP contribution in [0, 0.1) is 5.82 Å². The van der Waals surface area contributed by atoms with Gasteiger partial charge < -0.3 is 19.3 Å². The van der Waals surface area contributed by atoms with Crippen LogP contribution in [-0.4, -0.2) is 48.8 Å². The van der Waals surface area contributed by atoms with Crippen molar-refractivity contribution in [2.45, 2.75) is 0 Å². The molecule has 1 aromatic heterocycles. The molecule has 6 nitrogen and oxygen atoms in total. The number of hydrogen-bond acceptors (Lipinski definition) is 6. The van der Waals surface area contributed by atoms with Crippen LogP contribution in [-0.2, 0) is 4.79 Å². The third kappa shape index (κ3) is 3.51. The van der Waals surface area contributed by atoms with Crippen molar-refractivity contribution in [1.29, 1.82) is 0 Å². The Bertz CT molecular complexity index is 1110. The first-order chi connectivity index (χ1) is 14.2. The van der Waals surface area contributed by atoms with Gasteiger partial charge in [-0.2, -0.15) is 0 Å². The Kier molecular flexibility index (Phi) is 4.55. The molecule has 8 heteroatoms. The molecule has 2 aliphatic heterocycles. The minimum absolute atomic E-state index is 0.0299. The molecule has 1 fully saturated rings. The maximum Gasteiger partial charge on any atom is 0.246 e. The zero-order valence-corrected chi connectivity index (χ0v) is 16.3. The average molecular weight is 411 g/mol. The van der Waals surface area contributed by atoms with E-state index in [2.05, 4.69) is 9.88 Å². The van der Waals surface area contributed by atoms with Gasteiger partial charge in [-0.05, 0) is 35.9 Å². The third-order valence-electron chi connectivity index (χ3n) is 5.04. The molecule has 0 radical (unpaired) electrons. The molecule has 0 spiro atoms. The van der Waals surface area contributed by atoms with Gasteiger partial charge in [-0.3, -0.25) is 4.79 Å². The molecule has 0 bridgehead atoms. The van der Waals surface area contributed by atoms with E-state index in [1.54, 1.807) is 18.2 Å². The van der Waals surface area contributed by atoms with Crippen LogP contribution in [0.2, 0.25) is 0 Å². The van der Waals surface area contributed by atoms with Crippen molar-refractivity contribution >= 4 is 38.7 Å². The fourth-order valence-corrected chi connectivity index (χ4v) is 4.48. The largest absolute Gasteiger partial charge is 0.454 e. The number of fused-ring (bicyclic) bond motifs is 2. The number of amides is 1. The van der Waals surface area contributed by atoms with Gasteiger partial charge in [-0.1, -0.05) is 23.5 Å². The van der Waals surface area contributed by atoms with Crippen LogP contribution in [0.5, 0.6) is 11.5 Å². The van der Waals surface area contributed by atoms with Gasteiger partial charge >= 0.3 is 0 Å². The summed E-state index contributed by atoms with van der Waals surface area (Å²) in [6, 6.07) is 10.6. The van der Waals surface area contributed by atoms with E-state index >= 15 is 0 Å². The van der Waals surface area contributed by atoms with Gasteiger partial charge in [0.15, 0.2) is 16.6 Å². The summed E-state index contributed by atoms with van der Waals surface area (Å²) >= 11 is 1.48. The standard InChI is InChI=1S/C21H18FN3O3S/c22-15-2-1-3-18-20(15)23-21(29-18)25-10-8-24(9-11-25)19(26)7-5-14-4-6-16-17(12-14)28-13-27-16/h1-7,12H,8-11,13H2/b7-5-. The molecule has 0 atom stereocenters. The second-order valence-corrected chi connectivity index (χ2v) is 7.85. The molecule has 1 saturated heterocycles. The van der Waals surface area contributed by atoms with E-state index in [1.165, 1.54) is 17.4 Å². The Morgan fingerprint density at radius 1 is 1.10 bits per heavy atom. The maximum absolute atomic E-state index is 13.9. The molecule has 148 valence electrons. The Balaban J connectivity index is 1.22. The summed E-state index contributed by atoms with van der Waals surface area (Å²) in [5.41, 5.74) is 1.30. The van der Waals surface area contributed by atoms with Gasteiger partial charge in [0, 0.05) is 32.3 Å². The Hall–Kier alpha value is -3.13. The fraction of sp³-hybridized carbons (Fsp3) is 0.238. The lowest BCUT2D eigenvalue weighted by Gasteiger charge is -2.34. The van der Waals surface area contributed by atoms with Gasteiger partial charge in [0.25, 0.3) is 0 Å². The number of thiazole rings is 1. The molecule has 5 rings (SSSR count). The quantitative estimate of drug-likeness (QED) is 0.618. The number of nitrogens with zero attached hydrogens (tertiary/aromatic N) is 3. The first-order valence-electron chi connectivity index (χ1n) is 9.34. The second-order valence-electron chi connectivity index (χ2n) is 6.84. The number of ether oxygens (including phenoxy) is 2. The van der Waals surface area contributed by atoms with E-state index < -0.39 is 0 Å². The molecule has 29 heavy (non-hydrogen) atoms. The molecule has 3 aromatic rings. The topological polar surface area (TPSA) is 54.9 Å². The number of piperazine rings is 1. The number of carbonyl (C=O) groups is 1. The predicted molar refractivity (Wildman–Crippen MR) is 110 cm³/mol. The van der Waals surface area contributed by atoms with Crippen LogP contribution < -0.4 is 14.4 Å². The molecule has 1 amide bonds. The summed E-state index contributed by atoms with van der Waals surface area (Å²) in [5.74, 6) is 1.09. The van der Waals surface area contributed by atoms with E-state index in [9.17, 15) is 9.18 Å². The van der Waals surface area contributed by atoms with Crippen molar-refractivity contribution in [3.05, 3.63) is 53.9 Å². The minimum Gasteiger partial charge on any atom is -0.454 e. The average Bonchev–Trinajstić information content (AvgIpc) is 3.39. The van der Waals surface area contributed by atoms with E-state index in [4.69, 9.17) is 9.47 Å². The van der Waals surface area contributed by atoms with Crippen LogP contribution >= 0.6 is 11.3 Å². The first-order valence-corrected chi connectivity index (χ1v) is 10.2. The number of hydrogen-bond donors (Lipinski definition) is 0. The lowest BCUT2D eigenvalue weighted by atomic mass is 10.2. The first kappa shape index (κ1) is 17.9. The molecular formula is C21H18FN3O3S. The molecule has 2 aliphatic rings. The second kappa shape index (κ2) is 7.36. The SMILES string of the molecule is O=C(/C=C\c1ccc2c(c1)OCO2)N1CCN(c2nc3c(F)cccc3s2)CC1. The van der Waals surface area contributed by atoms with Crippen molar-refractivity contribution in [1.82, 2.24) is 9.88 Å². The molecule has 0 N–H and O–H groups in total. The van der Waals surface area contributed by atoms with E-state index in [0.29, 0.717) is 37.4 Å². The molecule has 0 unspecified atom stereocenters. The number of aromatic nitrogens is 1. The van der Waals surface area contributed by atoms with Crippen LogP contribution in [0.15, 0.2) is 42.5 Å². The smallest absolute Gasteiger partial charge is 0.246 e. The monoisotopic (exact) mass is 411 g/mol. The number of halogens is 1. The van der Waals surface area contributed by atoms with E-state index in [0.717, 1.165) is 21.1 Å². The van der Waals surface area contributed by atoms with Crippen molar-refractivity contribution in [2.75, 3.05) is 37.9 Å². The predicted octanol–water partition coefficient (Wildman–Crippen LogP) is 3.53. The van der Waals surface area contributed by atoms with Gasteiger partial charge in [-0.15, -0.1) is 0 Å². The van der Waals surface area contributed by atoms with Gasteiger partial charge in [0.05, 0.1) is 4.70 Å². The van der Waals surface area contributed by atoms with Crippen molar-refractivity contribution in [3.63, 3.8) is 0 Å². The van der Waals surface area contributed by atoms with E-state index in [-0.39, 0.29) is 18.5 Å². The summed E-state index contributed by atoms with van der Waals surface area (Å²) in [6.45, 7) is 2.77. The number of anilines is 1. The highest BCUT2D eigenvalue weighted by atomic mass is 32.1. The summed E-state index contributed by atoms with van der Waals surface area (Å²) in [4.78, 5) is 20.9. The zero-order chi connectivity index (χ0) is 19.8. The molecule has 0 aliphatic carbocycles. The highest BCUT2D eigenvalue weighted by Gasteiger charge is 2.22. The van der Waals surface area contributed by atoms with Gasteiger partial charge in [0.2, 0.25) is 12.7 Å². The summed E-state index contributed by atoms with van der Waals surface area (Å²) in [7, 11) is 0. The van der Waals surface area contributed by atoms with Gasteiger partial charge in [-0.25, -0.2) is 9.37 Å². The van der Waals surface area contributed by atoms with Crippen LogP contribution in [0.25, 0.3) is 16.3 Å². The van der Waals surface area contributed by atoms with Crippen molar-refractivity contribution < 1.29 is 18.7 Å². The van der Waals surface area contributed by atoms with Crippen LogP contribution in [0.1, 0.15) is 5.56 Å². The Morgan fingerprint density at radius 3 is 2.76 bits per heavy atom. The lowest BCUT2D eigenvalue weighted by Crippen LogP contribution is -2.48. The molecular weight excluding hydrogens is 393 g/mol. The Morgan fingerprint density at radius 2 is 1.93 bits per heavy atom. The highest BCUT2D eigenvalue weighted by Crippen LogP contribution is 2.33. The number of carbonyl (C=O) groups excluding carboxylic acids is 1. The molecule has 0 saturated carbocycles. The number of benzene rings is 2. The summed E-state index contributed by atoms with van der Waals surface area (Å²) in [6.07, 6.45) is 3.37. The number of para-hydroxylation sites is 1. The van der Waals surface area contributed by atoms with Gasteiger partial charge in [0.1, 0.15) is 11.3 Å². The Labute approximate surface area is 170 Å². The highest BCUT2D eigenvalue weighted by molar-refractivity contribution is 7.22. The van der Waals surface area contributed by atoms with Crippen molar-refractivity contribution in [2.24, 2.45) is 0 Å². The zero-order valence-electron chi connectivity index (χ0n) is 15.5. The maximum atomic E-state index is 13.9. The van der Waals surface area contributed by atoms with Crippen LogP contribution in [0.4, 0.5) is 9.52 Å². The molecule has 2 aromatic carbocycles. The normalized spacial score (nSPS) is 16.2. The minimum atomic E-state index is -0.299. The fourth-order valence-electron chi connectivity index (χ4n) is 3.45. The van der Waals surface area contributed by atoms with E-state index in [1.807, 2.05) is 29.2 Å². The lowest BCUT2D eigenvalue weighted by molar-refractivity contribution is -0.126. The van der Waals surface area contributed by atoms with Crippen molar-refractivity contribution in [3.8, 4) is 11.5 Å². The summed E-state index contributed by atoms with van der Waals surface area (Å²) < 4.78 is 25.4. The molecule has 3 heterocycles. The van der Waals surface area contributed by atoms with Crippen LogP contribution in [0.3, 0.4) is 0 Å².